The van der Waals surface area contributed by atoms with E-state index < -0.39 is 11.7 Å². The van der Waals surface area contributed by atoms with Gasteiger partial charge < -0.3 is 15.4 Å². The maximum absolute atomic E-state index is 16.8. The minimum Gasteiger partial charge on any atom is -0.461 e. The Morgan fingerprint density at radius 1 is 1.05 bits per heavy atom. The third kappa shape index (κ3) is 4.60. The molecule has 9 heteroatoms. The number of pyridine rings is 1. The van der Waals surface area contributed by atoms with Crippen LogP contribution in [0.3, 0.4) is 0 Å². The van der Waals surface area contributed by atoms with Gasteiger partial charge in [0.25, 0.3) is 0 Å². The van der Waals surface area contributed by atoms with Crippen molar-refractivity contribution >= 4 is 33.4 Å². The fraction of sp³-hybridized carbons (Fsp3) is 0.471. The van der Waals surface area contributed by atoms with Crippen molar-refractivity contribution in [2.24, 2.45) is 17.6 Å². The molecule has 2 N–H and O–H groups in total. The quantitative estimate of drug-likeness (QED) is 0.319. The van der Waals surface area contributed by atoms with Crippen molar-refractivity contribution in [3.8, 4) is 17.3 Å². The molecule has 2 bridgehead atoms. The number of benzene rings is 2. The molecule has 2 aromatic heterocycles. The maximum Gasteiger partial charge on any atom is 0.319 e. The summed E-state index contributed by atoms with van der Waals surface area (Å²) in [4.78, 5) is 31.1. The summed E-state index contributed by atoms with van der Waals surface area (Å²) in [5.74, 6) is 1.04. The minimum absolute atomic E-state index is 0.0322. The van der Waals surface area contributed by atoms with E-state index in [1.165, 1.54) is 32.1 Å². The molecular formula is C34H37FN6O2. The van der Waals surface area contributed by atoms with E-state index in [2.05, 4.69) is 9.80 Å². The highest BCUT2D eigenvalue weighted by Gasteiger charge is 2.45. The van der Waals surface area contributed by atoms with Crippen LogP contribution in [0, 0.1) is 17.7 Å². The van der Waals surface area contributed by atoms with Gasteiger partial charge in [-0.3, -0.25) is 14.7 Å². The van der Waals surface area contributed by atoms with Gasteiger partial charge in [-0.15, -0.1) is 0 Å². The summed E-state index contributed by atoms with van der Waals surface area (Å²) in [7, 11) is 0. The van der Waals surface area contributed by atoms with E-state index in [4.69, 9.17) is 25.4 Å². The summed E-state index contributed by atoms with van der Waals surface area (Å²) in [6, 6.07) is 11.6. The molecular weight excluding hydrogens is 543 g/mol. The van der Waals surface area contributed by atoms with Gasteiger partial charge in [-0.1, -0.05) is 36.4 Å². The lowest BCUT2D eigenvalue weighted by atomic mass is 9.95. The number of carbonyl (C=O) groups excluding carboxylic acids is 1. The second-order valence-corrected chi connectivity index (χ2v) is 13.1. The highest BCUT2D eigenvalue weighted by Crippen LogP contribution is 2.42. The number of anilines is 1. The third-order valence-corrected chi connectivity index (χ3v) is 10.4. The highest BCUT2D eigenvalue weighted by molar-refractivity contribution is 6.02. The number of rotatable bonds is 7. The molecule has 0 spiro atoms. The summed E-state index contributed by atoms with van der Waals surface area (Å²) >= 11 is 0. The summed E-state index contributed by atoms with van der Waals surface area (Å²) in [5, 5.41) is 2.27. The number of hydrogen-bond acceptors (Lipinski definition) is 7. The van der Waals surface area contributed by atoms with Crippen molar-refractivity contribution in [1.29, 1.82) is 0 Å². The van der Waals surface area contributed by atoms with Crippen LogP contribution in [0.2, 0.25) is 0 Å². The zero-order valence-electron chi connectivity index (χ0n) is 24.4. The smallest absolute Gasteiger partial charge is 0.319 e. The molecule has 5 heterocycles. The molecule has 2 atom stereocenters. The Bertz CT molecular complexity index is 1720. The van der Waals surface area contributed by atoms with Crippen molar-refractivity contribution in [3.63, 3.8) is 0 Å². The summed E-state index contributed by atoms with van der Waals surface area (Å²) < 4.78 is 23.2. The zero-order chi connectivity index (χ0) is 29.1. The van der Waals surface area contributed by atoms with Crippen LogP contribution >= 0.6 is 0 Å². The van der Waals surface area contributed by atoms with Crippen LogP contribution in [0.5, 0.6) is 6.01 Å². The van der Waals surface area contributed by atoms with Crippen LogP contribution in [0.15, 0.2) is 42.6 Å². The number of amides is 1. The number of aromatic nitrogens is 3. The van der Waals surface area contributed by atoms with Crippen LogP contribution < -0.4 is 15.4 Å². The normalized spacial score (nSPS) is 22.9. The largest absolute Gasteiger partial charge is 0.461 e. The van der Waals surface area contributed by atoms with Crippen LogP contribution in [0.25, 0.3) is 32.9 Å². The fourth-order valence-corrected chi connectivity index (χ4v) is 8.51. The number of piperidine rings is 1. The van der Waals surface area contributed by atoms with E-state index in [-0.39, 0.29) is 29.2 Å². The van der Waals surface area contributed by atoms with Crippen molar-refractivity contribution in [2.75, 3.05) is 37.7 Å². The standard InChI is InChI=1S/C34H37FN6O2/c35-29-30(25-8-2-6-23-5-1-7-24(28(23)25)16-27(36)42)37-17-26-31(29)38-33(43-20-34-11-3-13-41(34)14-4-12-34)39-32(26)40-18-21-9-10-22(15-21)19-40/h1-2,5-8,17,21-22H,3-4,9-16,18-20H2,(H2,36,42). The van der Waals surface area contributed by atoms with Gasteiger partial charge in [0.1, 0.15) is 23.6 Å². The number of carbonyl (C=O) groups is 1. The Hall–Kier alpha value is -3.85. The Kier molecular flexibility index (Phi) is 6.47. The van der Waals surface area contributed by atoms with E-state index in [9.17, 15) is 4.79 Å². The molecule has 1 amide bonds. The van der Waals surface area contributed by atoms with Gasteiger partial charge in [0.05, 0.1) is 17.3 Å². The van der Waals surface area contributed by atoms with Gasteiger partial charge >= 0.3 is 6.01 Å². The Morgan fingerprint density at radius 2 is 1.79 bits per heavy atom. The predicted molar refractivity (Wildman–Crippen MR) is 164 cm³/mol. The lowest BCUT2D eigenvalue weighted by Gasteiger charge is -2.34. The summed E-state index contributed by atoms with van der Waals surface area (Å²) in [6.07, 6.45) is 10.1. The number of ether oxygens (including phenoxy) is 1. The van der Waals surface area contributed by atoms with Crippen molar-refractivity contribution < 1.29 is 13.9 Å². The van der Waals surface area contributed by atoms with Crippen molar-refractivity contribution in [2.45, 2.75) is 56.9 Å². The topological polar surface area (TPSA) is 97.5 Å². The van der Waals surface area contributed by atoms with Gasteiger partial charge in [0.15, 0.2) is 5.82 Å². The molecule has 4 aromatic rings. The first kappa shape index (κ1) is 26.8. The molecule has 2 aromatic carbocycles. The van der Waals surface area contributed by atoms with E-state index in [1.54, 1.807) is 6.20 Å². The Balaban J connectivity index is 1.26. The number of nitrogens with two attached hydrogens (primary N) is 1. The first-order valence-electron chi connectivity index (χ1n) is 15.8. The van der Waals surface area contributed by atoms with E-state index >= 15 is 4.39 Å². The number of hydrogen-bond donors (Lipinski definition) is 1. The molecule has 1 saturated carbocycles. The fourth-order valence-electron chi connectivity index (χ4n) is 8.51. The van der Waals surface area contributed by atoms with Crippen LogP contribution in [-0.2, 0) is 11.2 Å². The molecule has 1 aliphatic carbocycles. The lowest BCUT2D eigenvalue weighted by molar-refractivity contribution is -0.117. The molecule has 8 rings (SSSR count). The average Bonchev–Trinajstić information content (AvgIpc) is 3.69. The first-order chi connectivity index (χ1) is 21.0. The predicted octanol–water partition coefficient (Wildman–Crippen LogP) is 5.26. The molecule has 3 saturated heterocycles. The third-order valence-electron chi connectivity index (χ3n) is 10.4. The number of halogens is 1. The van der Waals surface area contributed by atoms with Crippen LogP contribution in [0.4, 0.5) is 10.2 Å². The van der Waals surface area contributed by atoms with Crippen LogP contribution in [-0.4, -0.2) is 64.1 Å². The van der Waals surface area contributed by atoms with Crippen molar-refractivity contribution in [3.05, 3.63) is 54.0 Å². The Labute approximate surface area is 250 Å². The number of fused-ring (bicyclic) bond motifs is 5. The average molecular weight is 581 g/mol. The van der Waals surface area contributed by atoms with Gasteiger partial charge in [-0.05, 0) is 86.2 Å². The first-order valence-corrected chi connectivity index (χ1v) is 15.8. The van der Waals surface area contributed by atoms with Gasteiger partial charge in [-0.25, -0.2) is 4.39 Å². The molecule has 3 aliphatic heterocycles. The maximum atomic E-state index is 16.8. The monoisotopic (exact) mass is 580 g/mol. The van der Waals surface area contributed by atoms with Crippen LogP contribution in [0.1, 0.15) is 50.5 Å². The summed E-state index contributed by atoms with van der Waals surface area (Å²) in [6.45, 7) is 4.54. The number of nitrogens with zero attached hydrogens (tertiary/aromatic N) is 5. The Morgan fingerprint density at radius 3 is 2.53 bits per heavy atom. The molecule has 43 heavy (non-hydrogen) atoms. The molecule has 4 fully saturated rings. The molecule has 0 radical (unpaired) electrons. The van der Waals surface area contributed by atoms with Crippen molar-refractivity contribution in [1.82, 2.24) is 19.9 Å². The molecule has 2 unspecified atom stereocenters. The van der Waals surface area contributed by atoms with Gasteiger partial charge in [0.2, 0.25) is 5.91 Å². The molecule has 4 aliphatic rings. The highest BCUT2D eigenvalue weighted by atomic mass is 19.1. The van der Waals surface area contributed by atoms with E-state index in [0.29, 0.717) is 35.2 Å². The second-order valence-electron chi connectivity index (χ2n) is 13.1. The van der Waals surface area contributed by atoms with Gasteiger partial charge in [0, 0.05) is 24.8 Å². The SMILES string of the molecule is NC(=O)Cc1cccc2cccc(-c3ncc4c(N5CC6CCC(C6)C5)nc(OCC56CCCN5CCC6)nc4c3F)c12. The lowest BCUT2D eigenvalue weighted by Crippen LogP contribution is -2.43. The van der Waals surface area contributed by atoms with Gasteiger partial charge in [-0.2, -0.15) is 9.97 Å². The van der Waals surface area contributed by atoms with E-state index in [1.807, 2.05) is 36.4 Å². The number of primary amides is 1. The van der Waals surface area contributed by atoms with E-state index in [0.717, 1.165) is 55.4 Å². The molecule has 8 nitrogen and oxygen atoms in total. The zero-order valence-corrected chi connectivity index (χ0v) is 24.4. The molecule has 222 valence electrons. The minimum atomic E-state index is -0.506. The summed E-state index contributed by atoms with van der Waals surface area (Å²) in [5.41, 5.74) is 7.38. The second kappa shape index (κ2) is 10.4.